The summed E-state index contributed by atoms with van der Waals surface area (Å²) in [6, 6.07) is 13.5. The monoisotopic (exact) mass is 475 g/mol. The molecule has 3 aromatic carbocycles. The fraction of sp³-hybridized carbons (Fsp3) is 0.143. The summed E-state index contributed by atoms with van der Waals surface area (Å²) in [4.78, 5) is 9.87. The number of hydrogen-bond donors (Lipinski definition) is 2. The minimum atomic E-state index is -4.10. The number of non-ortho nitro benzene ring substituents is 1. The molecule has 11 heteroatoms. The van der Waals surface area contributed by atoms with Gasteiger partial charge in [0.15, 0.2) is 0 Å². The molecule has 0 unspecified atom stereocenters. The summed E-state index contributed by atoms with van der Waals surface area (Å²) in [6.45, 7) is 5.54. The molecule has 0 amide bonds. The molecule has 0 aliphatic rings. The third-order valence-corrected chi connectivity index (χ3v) is 7.41. The van der Waals surface area contributed by atoms with Crippen molar-refractivity contribution in [2.24, 2.45) is 0 Å². The van der Waals surface area contributed by atoms with Crippen LogP contribution in [0.4, 0.5) is 17.1 Å². The van der Waals surface area contributed by atoms with E-state index in [1.807, 2.05) is 32.9 Å². The average molecular weight is 476 g/mol. The summed E-state index contributed by atoms with van der Waals surface area (Å²) in [5.41, 5.74) is 2.83. The Kier molecular flexibility index (Phi) is 6.24. The summed E-state index contributed by atoms with van der Waals surface area (Å²) in [5, 5.41) is 10.9. The predicted octanol–water partition coefficient (Wildman–Crippen LogP) is 4.12. The predicted molar refractivity (Wildman–Crippen MR) is 122 cm³/mol. The second-order valence-electron chi connectivity index (χ2n) is 7.26. The van der Waals surface area contributed by atoms with Gasteiger partial charge < -0.3 is 0 Å². The molecule has 0 aliphatic carbocycles. The summed E-state index contributed by atoms with van der Waals surface area (Å²) < 4.78 is 55.5. The Morgan fingerprint density at radius 2 is 1.31 bits per heavy atom. The Morgan fingerprint density at radius 1 is 0.750 bits per heavy atom. The van der Waals surface area contributed by atoms with E-state index in [1.165, 1.54) is 42.5 Å². The van der Waals surface area contributed by atoms with Crippen LogP contribution in [0.2, 0.25) is 0 Å². The Labute approximate surface area is 186 Å². The number of sulfonamides is 2. The molecule has 0 heterocycles. The van der Waals surface area contributed by atoms with E-state index in [9.17, 15) is 26.9 Å². The number of hydrogen-bond acceptors (Lipinski definition) is 6. The molecule has 0 atom stereocenters. The van der Waals surface area contributed by atoms with Gasteiger partial charge in [-0.15, -0.1) is 0 Å². The largest absolute Gasteiger partial charge is 0.280 e. The Morgan fingerprint density at radius 3 is 1.88 bits per heavy atom. The van der Waals surface area contributed by atoms with Gasteiger partial charge in [-0.05, 0) is 62.2 Å². The van der Waals surface area contributed by atoms with E-state index in [4.69, 9.17) is 0 Å². The highest BCUT2D eigenvalue weighted by molar-refractivity contribution is 7.93. The van der Waals surface area contributed by atoms with Gasteiger partial charge in [0.05, 0.1) is 20.4 Å². The molecule has 2 N–H and O–H groups in total. The van der Waals surface area contributed by atoms with Crippen molar-refractivity contribution >= 4 is 37.1 Å². The van der Waals surface area contributed by atoms with E-state index in [0.29, 0.717) is 5.69 Å². The second-order valence-corrected chi connectivity index (χ2v) is 10.6. The maximum absolute atomic E-state index is 12.8. The maximum Gasteiger partial charge on any atom is 0.270 e. The number of nitro benzene ring substituents is 1. The fourth-order valence-electron chi connectivity index (χ4n) is 3.21. The van der Waals surface area contributed by atoms with Crippen LogP contribution < -0.4 is 9.44 Å². The normalized spacial score (nSPS) is 11.7. The zero-order chi connectivity index (χ0) is 23.7. The number of nitrogens with zero attached hydrogens (tertiary/aromatic N) is 1. The number of benzene rings is 3. The van der Waals surface area contributed by atoms with Gasteiger partial charge in [0.2, 0.25) is 0 Å². The number of rotatable bonds is 7. The van der Waals surface area contributed by atoms with Crippen molar-refractivity contribution in [2.45, 2.75) is 30.6 Å². The standard InChI is InChI=1S/C21H21N3O6S2/c1-14-11-15(2)21(16(3)12-14)23-31(27,28)19-9-7-17(8-10-19)22-32(29,30)20-6-4-5-18(13-20)24(25)26/h4-13,22-23H,1-3H3. The van der Waals surface area contributed by atoms with Crippen LogP contribution >= 0.6 is 0 Å². The molecule has 0 fully saturated rings. The number of nitrogens with one attached hydrogen (secondary N) is 2. The first-order valence-corrected chi connectivity index (χ1v) is 12.3. The van der Waals surface area contributed by atoms with Crippen LogP contribution in [0, 0.1) is 30.9 Å². The molecule has 0 saturated carbocycles. The van der Waals surface area contributed by atoms with E-state index in [-0.39, 0.29) is 21.2 Å². The summed E-state index contributed by atoms with van der Waals surface area (Å²) in [5.74, 6) is 0. The third kappa shape index (κ3) is 5.06. The minimum Gasteiger partial charge on any atom is -0.280 e. The third-order valence-electron chi connectivity index (χ3n) is 4.67. The van der Waals surface area contributed by atoms with Gasteiger partial charge in [0.25, 0.3) is 25.7 Å². The zero-order valence-corrected chi connectivity index (χ0v) is 19.1. The van der Waals surface area contributed by atoms with Crippen molar-refractivity contribution in [2.75, 3.05) is 9.44 Å². The Hall–Kier alpha value is -3.44. The van der Waals surface area contributed by atoms with Crippen LogP contribution in [-0.2, 0) is 20.0 Å². The SMILES string of the molecule is Cc1cc(C)c(NS(=O)(=O)c2ccc(NS(=O)(=O)c3cccc([N+](=O)[O-])c3)cc2)c(C)c1. The first-order chi connectivity index (χ1) is 14.9. The van der Waals surface area contributed by atoms with E-state index < -0.39 is 25.0 Å². The summed E-state index contributed by atoms with van der Waals surface area (Å²) in [6.07, 6.45) is 0. The van der Waals surface area contributed by atoms with Crippen LogP contribution in [-0.4, -0.2) is 21.8 Å². The van der Waals surface area contributed by atoms with Crippen molar-refractivity contribution in [3.63, 3.8) is 0 Å². The second kappa shape index (κ2) is 8.60. The first-order valence-electron chi connectivity index (χ1n) is 9.37. The molecule has 3 rings (SSSR count). The first kappa shape index (κ1) is 23.2. The van der Waals surface area contributed by atoms with Crippen LogP contribution in [0.1, 0.15) is 16.7 Å². The van der Waals surface area contributed by atoms with Crippen LogP contribution in [0.25, 0.3) is 0 Å². The number of nitro groups is 1. The summed E-state index contributed by atoms with van der Waals surface area (Å²) >= 11 is 0. The van der Waals surface area contributed by atoms with Gasteiger partial charge >= 0.3 is 0 Å². The van der Waals surface area contributed by atoms with Gasteiger partial charge in [0.1, 0.15) is 0 Å². The highest BCUT2D eigenvalue weighted by Crippen LogP contribution is 2.26. The molecule has 0 aromatic heterocycles. The molecular weight excluding hydrogens is 454 g/mol. The molecule has 3 aromatic rings. The lowest BCUT2D eigenvalue weighted by atomic mass is 10.1. The smallest absolute Gasteiger partial charge is 0.270 e. The quantitative estimate of drug-likeness (QED) is 0.390. The van der Waals surface area contributed by atoms with E-state index in [2.05, 4.69) is 9.44 Å². The molecule has 0 saturated heterocycles. The lowest BCUT2D eigenvalue weighted by Gasteiger charge is -2.15. The molecule has 0 spiro atoms. The van der Waals surface area contributed by atoms with Gasteiger partial charge in [-0.1, -0.05) is 23.8 Å². The molecule has 0 radical (unpaired) electrons. The molecule has 0 aliphatic heterocycles. The fourth-order valence-corrected chi connectivity index (χ4v) is 5.52. The number of anilines is 2. The topological polar surface area (TPSA) is 135 Å². The molecular formula is C21H21N3O6S2. The summed E-state index contributed by atoms with van der Waals surface area (Å²) in [7, 11) is -8.00. The molecule has 9 nitrogen and oxygen atoms in total. The minimum absolute atomic E-state index is 0.0461. The lowest BCUT2D eigenvalue weighted by Crippen LogP contribution is -2.16. The van der Waals surface area contributed by atoms with Crippen molar-refractivity contribution < 1.29 is 21.8 Å². The van der Waals surface area contributed by atoms with Gasteiger partial charge in [-0.3, -0.25) is 19.6 Å². The van der Waals surface area contributed by atoms with E-state index >= 15 is 0 Å². The molecule has 168 valence electrons. The van der Waals surface area contributed by atoms with Crippen LogP contribution in [0.5, 0.6) is 0 Å². The van der Waals surface area contributed by atoms with Crippen molar-refractivity contribution in [1.82, 2.24) is 0 Å². The van der Waals surface area contributed by atoms with Gasteiger partial charge in [-0.2, -0.15) is 0 Å². The lowest BCUT2D eigenvalue weighted by molar-refractivity contribution is -0.385. The Balaban J connectivity index is 1.83. The Bertz CT molecular complexity index is 1380. The van der Waals surface area contributed by atoms with E-state index in [1.54, 1.807) is 0 Å². The van der Waals surface area contributed by atoms with Gasteiger partial charge in [0, 0.05) is 17.8 Å². The van der Waals surface area contributed by atoms with E-state index in [0.717, 1.165) is 22.8 Å². The highest BCUT2D eigenvalue weighted by Gasteiger charge is 2.20. The zero-order valence-electron chi connectivity index (χ0n) is 17.5. The van der Waals surface area contributed by atoms with Crippen molar-refractivity contribution in [1.29, 1.82) is 0 Å². The van der Waals surface area contributed by atoms with Crippen molar-refractivity contribution in [3.8, 4) is 0 Å². The maximum atomic E-state index is 12.8. The molecule has 32 heavy (non-hydrogen) atoms. The number of aryl methyl sites for hydroxylation is 3. The van der Waals surface area contributed by atoms with Crippen LogP contribution in [0.3, 0.4) is 0 Å². The van der Waals surface area contributed by atoms with Crippen LogP contribution in [0.15, 0.2) is 70.5 Å². The van der Waals surface area contributed by atoms with Gasteiger partial charge in [-0.25, -0.2) is 16.8 Å². The van der Waals surface area contributed by atoms with Crippen molar-refractivity contribution in [3.05, 3.63) is 87.5 Å². The average Bonchev–Trinajstić information content (AvgIpc) is 2.71. The highest BCUT2D eigenvalue weighted by atomic mass is 32.2. The molecule has 0 bridgehead atoms.